The number of hydrogen-bond donors (Lipinski definition) is 2. The number of aliphatic hydroxyl groups excluding tert-OH is 1. The maximum atomic E-state index is 12.4. The molecule has 0 spiro atoms. The first-order valence-electron chi connectivity index (χ1n) is 5.27. The number of alkyl halides is 3. The van der Waals surface area contributed by atoms with Gasteiger partial charge in [0.25, 0.3) is 0 Å². The predicted molar refractivity (Wildman–Crippen MR) is 58.6 cm³/mol. The van der Waals surface area contributed by atoms with Gasteiger partial charge >= 0.3 is 6.18 Å². The lowest BCUT2D eigenvalue weighted by Crippen LogP contribution is -2.21. The van der Waals surface area contributed by atoms with Crippen molar-refractivity contribution in [3.63, 3.8) is 0 Å². The molecule has 0 bridgehead atoms. The lowest BCUT2D eigenvalue weighted by Gasteiger charge is -2.16. The molecular weight excluding hydrogens is 233 g/mol. The molecule has 1 heterocycles. The van der Waals surface area contributed by atoms with Gasteiger partial charge in [-0.15, -0.1) is 0 Å². The van der Waals surface area contributed by atoms with Gasteiger partial charge in [-0.25, -0.2) is 4.98 Å². The van der Waals surface area contributed by atoms with E-state index in [1.165, 1.54) is 0 Å². The highest BCUT2D eigenvalue weighted by Crippen LogP contribution is 2.30. The summed E-state index contributed by atoms with van der Waals surface area (Å²) in [6, 6.07) is 1.73. The zero-order chi connectivity index (χ0) is 13.1. The molecule has 2 atom stereocenters. The number of aromatic nitrogens is 1. The van der Waals surface area contributed by atoms with Crippen LogP contribution in [-0.2, 0) is 6.18 Å². The van der Waals surface area contributed by atoms with Crippen molar-refractivity contribution in [3.05, 3.63) is 23.9 Å². The van der Waals surface area contributed by atoms with E-state index < -0.39 is 17.8 Å². The molecule has 0 fully saturated rings. The fraction of sp³-hybridized carbons (Fsp3) is 0.545. The van der Waals surface area contributed by atoms with Crippen LogP contribution in [0.2, 0.25) is 0 Å². The standard InChI is InChI=1S/C11H15F3N2O/c1-7(5-8(2)17)16-10-6-9(3-4-15-10)11(12,13)14/h3-4,6-8,17H,5H2,1-2H3,(H,15,16). The summed E-state index contributed by atoms with van der Waals surface area (Å²) in [5, 5.41) is 12.0. The Morgan fingerprint density at radius 1 is 1.41 bits per heavy atom. The van der Waals surface area contributed by atoms with Crippen LogP contribution >= 0.6 is 0 Å². The predicted octanol–water partition coefficient (Wildman–Crippen LogP) is 2.67. The number of anilines is 1. The average Bonchev–Trinajstić information content (AvgIpc) is 2.15. The van der Waals surface area contributed by atoms with Gasteiger partial charge in [-0.05, 0) is 32.4 Å². The smallest absolute Gasteiger partial charge is 0.393 e. The van der Waals surface area contributed by atoms with E-state index in [9.17, 15) is 13.2 Å². The Kier molecular flexibility index (Phi) is 4.34. The van der Waals surface area contributed by atoms with Crippen molar-refractivity contribution in [2.24, 2.45) is 0 Å². The van der Waals surface area contributed by atoms with Crippen LogP contribution in [0.15, 0.2) is 18.3 Å². The molecule has 0 aromatic carbocycles. The number of halogens is 3. The first-order chi connectivity index (χ1) is 7.79. The van der Waals surface area contributed by atoms with E-state index in [4.69, 9.17) is 5.11 Å². The van der Waals surface area contributed by atoms with Gasteiger partial charge in [0.05, 0.1) is 11.7 Å². The molecule has 0 saturated heterocycles. The fourth-order valence-corrected chi connectivity index (χ4v) is 1.51. The van der Waals surface area contributed by atoms with Crippen LogP contribution in [-0.4, -0.2) is 22.2 Å². The lowest BCUT2D eigenvalue weighted by molar-refractivity contribution is -0.137. The maximum Gasteiger partial charge on any atom is 0.416 e. The molecule has 1 aromatic heterocycles. The monoisotopic (exact) mass is 248 g/mol. The third-order valence-corrected chi connectivity index (χ3v) is 2.18. The van der Waals surface area contributed by atoms with Crippen LogP contribution in [0.1, 0.15) is 25.8 Å². The summed E-state index contributed by atoms with van der Waals surface area (Å²) in [6.45, 7) is 3.40. The van der Waals surface area contributed by atoms with Crippen LogP contribution in [0, 0.1) is 0 Å². The highest BCUT2D eigenvalue weighted by Gasteiger charge is 2.30. The van der Waals surface area contributed by atoms with Crippen molar-refractivity contribution in [2.45, 2.75) is 38.6 Å². The summed E-state index contributed by atoms with van der Waals surface area (Å²) in [7, 11) is 0. The van der Waals surface area contributed by atoms with E-state index >= 15 is 0 Å². The summed E-state index contributed by atoms with van der Waals surface area (Å²) in [6.07, 6.45) is -3.33. The Balaban J connectivity index is 2.72. The fourth-order valence-electron chi connectivity index (χ4n) is 1.51. The van der Waals surface area contributed by atoms with Crippen LogP contribution < -0.4 is 5.32 Å². The number of aliphatic hydroxyl groups is 1. The normalized spacial score (nSPS) is 15.4. The molecule has 0 amide bonds. The van der Waals surface area contributed by atoms with Crippen LogP contribution in [0.3, 0.4) is 0 Å². The summed E-state index contributed by atoms with van der Waals surface area (Å²) in [4.78, 5) is 3.81. The number of rotatable bonds is 4. The summed E-state index contributed by atoms with van der Waals surface area (Å²) >= 11 is 0. The van der Waals surface area contributed by atoms with Gasteiger partial charge < -0.3 is 10.4 Å². The number of nitrogens with one attached hydrogen (secondary N) is 1. The van der Waals surface area contributed by atoms with Crippen molar-refractivity contribution in [1.82, 2.24) is 4.98 Å². The Hall–Kier alpha value is -1.30. The van der Waals surface area contributed by atoms with E-state index in [2.05, 4.69) is 10.3 Å². The highest BCUT2D eigenvalue weighted by molar-refractivity contribution is 5.39. The quantitative estimate of drug-likeness (QED) is 0.861. The molecule has 0 saturated carbocycles. The van der Waals surface area contributed by atoms with Crippen molar-refractivity contribution in [1.29, 1.82) is 0 Å². The number of pyridine rings is 1. The summed E-state index contributed by atoms with van der Waals surface area (Å²) < 4.78 is 37.3. The first kappa shape index (κ1) is 13.8. The van der Waals surface area contributed by atoms with Gasteiger partial charge in [-0.1, -0.05) is 0 Å². The van der Waals surface area contributed by atoms with Gasteiger partial charge in [-0.3, -0.25) is 0 Å². The second kappa shape index (κ2) is 5.35. The minimum absolute atomic E-state index is 0.147. The Labute approximate surface area is 97.7 Å². The zero-order valence-corrected chi connectivity index (χ0v) is 9.62. The van der Waals surface area contributed by atoms with Crippen LogP contribution in [0.5, 0.6) is 0 Å². The van der Waals surface area contributed by atoms with Crippen LogP contribution in [0.4, 0.5) is 19.0 Å². The van der Waals surface area contributed by atoms with Crippen molar-refractivity contribution in [2.75, 3.05) is 5.32 Å². The molecule has 2 N–H and O–H groups in total. The molecule has 0 radical (unpaired) electrons. The minimum atomic E-state index is -4.37. The minimum Gasteiger partial charge on any atom is -0.393 e. The van der Waals surface area contributed by atoms with E-state index in [1.807, 2.05) is 0 Å². The molecule has 1 aromatic rings. The van der Waals surface area contributed by atoms with Crippen molar-refractivity contribution < 1.29 is 18.3 Å². The van der Waals surface area contributed by atoms with Gasteiger partial charge in [0.15, 0.2) is 0 Å². The summed E-state index contributed by atoms with van der Waals surface area (Å²) in [5.74, 6) is 0.160. The molecule has 0 aliphatic rings. The van der Waals surface area contributed by atoms with Gasteiger partial charge in [0.2, 0.25) is 0 Å². The molecule has 17 heavy (non-hydrogen) atoms. The Bertz CT molecular complexity index is 366. The Morgan fingerprint density at radius 2 is 2.06 bits per heavy atom. The van der Waals surface area contributed by atoms with Gasteiger partial charge in [0, 0.05) is 12.2 Å². The van der Waals surface area contributed by atoms with E-state index in [0.717, 1.165) is 18.3 Å². The van der Waals surface area contributed by atoms with Crippen molar-refractivity contribution in [3.8, 4) is 0 Å². The third-order valence-electron chi connectivity index (χ3n) is 2.18. The zero-order valence-electron chi connectivity index (χ0n) is 9.62. The molecule has 96 valence electrons. The largest absolute Gasteiger partial charge is 0.416 e. The molecule has 0 aliphatic heterocycles. The topological polar surface area (TPSA) is 45.1 Å². The van der Waals surface area contributed by atoms with E-state index in [1.54, 1.807) is 13.8 Å². The van der Waals surface area contributed by atoms with E-state index in [0.29, 0.717) is 6.42 Å². The second-order valence-corrected chi connectivity index (χ2v) is 4.06. The molecular formula is C11H15F3N2O. The number of nitrogens with zero attached hydrogens (tertiary/aromatic N) is 1. The molecule has 1 rings (SSSR count). The lowest BCUT2D eigenvalue weighted by atomic mass is 10.1. The van der Waals surface area contributed by atoms with Gasteiger partial charge in [-0.2, -0.15) is 13.2 Å². The molecule has 6 heteroatoms. The second-order valence-electron chi connectivity index (χ2n) is 4.06. The SMILES string of the molecule is CC(O)CC(C)Nc1cc(C(F)(F)F)ccn1. The number of hydrogen-bond acceptors (Lipinski definition) is 3. The molecule has 3 nitrogen and oxygen atoms in total. The first-order valence-corrected chi connectivity index (χ1v) is 5.27. The van der Waals surface area contributed by atoms with Crippen molar-refractivity contribution >= 4 is 5.82 Å². The summed E-state index contributed by atoms with van der Waals surface area (Å²) in [5.41, 5.74) is -0.737. The molecule has 0 aliphatic carbocycles. The maximum absolute atomic E-state index is 12.4. The third kappa shape index (κ3) is 4.60. The average molecular weight is 248 g/mol. The molecule has 2 unspecified atom stereocenters. The van der Waals surface area contributed by atoms with Gasteiger partial charge in [0.1, 0.15) is 5.82 Å². The Morgan fingerprint density at radius 3 is 2.59 bits per heavy atom. The highest BCUT2D eigenvalue weighted by atomic mass is 19.4. The van der Waals surface area contributed by atoms with E-state index in [-0.39, 0.29) is 11.9 Å². The van der Waals surface area contributed by atoms with Crippen LogP contribution in [0.25, 0.3) is 0 Å².